The number of morpholine rings is 2. The van der Waals surface area contributed by atoms with Crippen LogP contribution in [0.5, 0.6) is 0 Å². The van der Waals surface area contributed by atoms with Crippen molar-refractivity contribution >= 4 is 17.3 Å². The van der Waals surface area contributed by atoms with Crippen molar-refractivity contribution < 1.29 is 18.7 Å². The molecule has 0 amide bonds. The molecule has 0 unspecified atom stereocenters. The summed E-state index contributed by atoms with van der Waals surface area (Å²) in [5.74, 6) is -0.623. The molecule has 0 aromatic heterocycles. The molecule has 0 bridgehead atoms. The van der Waals surface area contributed by atoms with Crippen LogP contribution < -0.4 is 15.5 Å². The van der Waals surface area contributed by atoms with Gasteiger partial charge >= 0.3 is 5.97 Å². The van der Waals surface area contributed by atoms with Crippen LogP contribution in [0.1, 0.15) is 0 Å². The van der Waals surface area contributed by atoms with Crippen molar-refractivity contribution in [2.45, 2.75) is 6.10 Å². The van der Waals surface area contributed by atoms with Crippen LogP contribution in [-0.4, -0.2) is 58.0 Å². The number of halogens is 1. The lowest BCUT2D eigenvalue weighted by molar-refractivity contribution is -0.149. The summed E-state index contributed by atoms with van der Waals surface area (Å²) in [6.45, 7) is 3.44. The Bertz CT molecular complexity index is 549. The molecule has 0 radical (unpaired) electrons. The van der Waals surface area contributed by atoms with Gasteiger partial charge in [-0.2, -0.15) is 0 Å². The number of rotatable bonds is 3. The van der Waals surface area contributed by atoms with Crippen molar-refractivity contribution in [1.82, 2.24) is 0 Å². The zero-order valence-corrected chi connectivity index (χ0v) is 12.3. The number of esters is 1. The van der Waals surface area contributed by atoms with E-state index in [1.54, 1.807) is 11.0 Å². The van der Waals surface area contributed by atoms with Crippen LogP contribution >= 0.6 is 0 Å². The Morgan fingerprint density at radius 1 is 1.27 bits per heavy atom. The first-order valence-electron chi connectivity index (χ1n) is 7.44. The molecule has 1 aromatic carbocycles. The molecule has 1 aromatic rings. The van der Waals surface area contributed by atoms with Crippen molar-refractivity contribution in [3.8, 4) is 0 Å². The van der Waals surface area contributed by atoms with E-state index >= 15 is 0 Å². The Labute approximate surface area is 128 Å². The van der Waals surface area contributed by atoms with E-state index in [0.29, 0.717) is 44.2 Å². The van der Waals surface area contributed by atoms with Gasteiger partial charge in [0.15, 0.2) is 0 Å². The number of hydrogen-bond acceptors (Lipinski definition) is 6. The minimum atomic E-state index is -0.344. The Balaban J connectivity index is 1.77. The highest BCUT2D eigenvalue weighted by molar-refractivity contribution is 5.77. The summed E-state index contributed by atoms with van der Waals surface area (Å²) in [6.07, 6.45) is -0.344. The summed E-state index contributed by atoms with van der Waals surface area (Å²) in [7, 11) is 0. The summed E-state index contributed by atoms with van der Waals surface area (Å²) < 4.78 is 24.8. The Kier molecular flexibility index (Phi) is 4.44. The normalized spacial score (nSPS) is 22.6. The SMILES string of the molecule is NC[C@H]1CN(c2ccc(N3CCOCC3)c(F)c2)CC(=O)O1. The third kappa shape index (κ3) is 3.15. The predicted molar refractivity (Wildman–Crippen MR) is 80.6 cm³/mol. The Hall–Kier alpha value is -1.86. The first kappa shape index (κ1) is 15.1. The molecule has 22 heavy (non-hydrogen) atoms. The van der Waals surface area contributed by atoms with E-state index in [-0.39, 0.29) is 31.0 Å². The molecule has 2 fully saturated rings. The summed E-state index contributed by atoms with van der Waals surface area (Å²) in [6, 6.07) is 5.06. The summed E-state index contributed by atoms with van der Waals surface area (Å²) >= 11 is 0. The average Bonchev–Trinajstić information content (AvgIpc) is 2.55. The Morgan fingerprint density at radius 2 is 2.05 bits per heavy atom. The first-order chi connectivity index (χ1) is 10.7. The van der Waals surface area contributed by atoms with Gasteiger partial charge in [-0.1, -0.05) is 0 Å². The van der Waals surface area contributed by atoms with E-state index in [2.05, 4.69) is 0 Å². The van der Waals surface area contributed by atoms with Gasteiger partial charge in [0.05, 0.1) is 25.4 Å². The van der Waals surface area contributed by atoms with Gasteiger partial charge in [0.1, 0.15) is 18.5 Å². The standard InChI is InChI=1S/C15H20FN3O3/c16-13-7-11(19-9-12(8-17)22-15(20)10-19)1-2-14(13)18-3-5-21-6-4-18/h1-2,7,12H,3-6,8-10,17H2/t12-/m0/s1. The number of ether oxygens (including phenoxy) is 2. The van der Waals surface area contributed by atoms with Crippen LogP contribution in [0.15, 0.2) is 18.2 Å². The molecule has 0 aliphatic carbocycles. The molecule has 1 atom stereocenters. The highest BCUT2D eigenvalue weighted by Crippen LogP contribution is 2.26. The highest BCUT2D eigenvalue weighted by atomic mass is 19.1. The summed E-state index contributed by atoms with van der Waals surface area (Å²) in [4.78, 5) is 15.3. The second kappa shape index (κ2) is 6.50. The molecule has 2 aliphatic rings. The lowest BCUT2D eigenvalue weighted by Crippen LogP contribution is -2.48. The lowest BCUT2D eigenvalue weighted by atomic mass is 10.2. The largest absolute Gasteiger partial charge is 0.458 e. The predicted octanol–water partition coefficient (Wildman–Crippen LogP) is 0.353. The Morgan fingerprint density at radius 3 is 2.73 bits per heavy atom. The molecule has 2 N–H and O–H groups in total. The number of benzene rings is 1. The molecule has 2 saturated heterocycles. The number of carbonyl (C=O) groups is 1. The molecule has 120 valence electrons. The van der Waals surface area contributed by atoms with Crippen molar-refractivity contribution in [2.75, 3.05) is 55.7 Å². The monoisotopic (exact) mass is 309 g/mol. The van der Waals surface area contributed by atoms with Crippen LogP contribution in [-0.2, 0) is 14.3 Å². The van der Waals surface area contributed by atoms with Gasteiger partial charge in [0, 0.05) is 25.3 Å². The van der Waals surface area contributed by atoms with Gasteiger partial charge in [0.25, 0.3) is 0 Å². The van der Waals surface area contributed by atoms with Gasteiger partial charge < -0.3 is 25.0 Å². The van der Waals surface area contributed by atoms with Gasteiger partial charge in [-0.05, 0) is 18.2 Å². The van der Waals surface area contributed by atoms with Gasteiger partial charge in [-0.25, -0.2) is 4.39 Å². The number of carbonyl (C=O) groups excluding carboxylic acids is 1. The number of anilines is 2. The molecule has 0 saturated carbocycles. The maximum atomic E-state index is 14.4. The van der Waals surface area contributed by atoms with Crippen LogP contribution in [0.3, 0.4) is 0 Å². The van der Waals surface area contributed by atoms with E-state index in [9.17, 15) is 9.18 Å². The minimum Gasteiger partial charge on any atom is -0.458 e. The lowest BCUT2D eigenvalue weighted by Gasteiger charge is -2.34. The third-order valence-corrected chi connectivity index (χ3v) is 3.95. The van der Waals surface area contributed by atoms with E-state index in [1.807, 2.05) is 11.0 Å². The summed E-state index contributed by atoms with van der Waals surface area (Å²) in [5.41, 5.74) is 6.80. The van der Waals surface area contributed by atoms with Gasteiger partial charge in [-0.15, -0.1) is 0 Å². The second-order valence-corrected chi connectivity index (χ2v) is 5.46. The molecule has 2 aliphatic heterocycles. The van der Waals surface area contributed by atoms with Crippen molar-refractivity contribution in [3.05, 3.63) is 24.0 Å². The maximum Gasteiger partial charge on any atom is 0.325 e. The van der Waals surface area contributed by atoms with E-state index in [4.69, 9.17) is 15.2 Å². The molecular weight excluding hydrogens is 289 g/mol. The second-order valence-electron chi connectivity index (χ2n) is 5.46. The number of nitrogens with zero attached hydrogens (tertiary/aromatic N) is 2. The maximum absolute atomic E-state index is 14.4. The van der Waals surface area contributed by atoms with E-state index < -0.39 is 0 Å². The zero-order chi connectivity index (χ0) is 15.5. The quantitative estimate of drug-likeness (QED) is 0.813. The van der Waals surface area contributed by atoms with Gasteiger partial charge in [0.2, 0.25) is 0 Å². The van der Waals surface area contributed by atoms with Gasteiger partial charge in [-0.3, -0.25) is 4.79 Å². The van der Waals surface area contributed by atoms with E-state index in [0.717, 1.165) is 0 Å². The fourth-order valence-electron chi connectivity index (χ4n) is 2.80. The molecule has 3 rings (SSSR count). The summed E-state index contributed by atoms with van der Waals surface area (Å²) in [5, 5.41) is 0. The highest BCUT2D eigenvalue weighted by Gasteiger charge is 2.26. The fraction of sp³-hybridized carbons (Fsp3) is 0.533. The topological polar surface area (TPSA) is 68.0 Å². The van der Waals surface area contributed by atoms with Crippen LogP contribution in [0.25, 0.3) is 0 Å². The number of cyclic esters (lactones) is 1. The van der Waals surface area contributed by atoms with Crippen LogP contribution in [0.4, 0.5) is 15.8 Å². The molecule has 0 spiro atoms. The van der Waals surface area contributed by atoms with Crippen molar-refractivity contribution in [2.24, 2.45) is 5.73 Å². The number of nitrogens with two attached hydrogens (primary N) is 1. The van der Waals surface area contributed by atoms with Crippen LogP contribution in [0, 0.1) is 5.82 Å². The smallest absolute Gasteiger partial charge is 0.325 e. The third-order valence-electron chi connectivity index (χ3n) is 3.95. The molecule has 6 nitrogen and oxygen atoms in total. The fourth-order valence-corrected chi connectivity index (χ4v) is 2.80. The molecular formula is C15H20FN3O3. The average molecular weight is 309 g/mol. The molecule has 2 heterocycles. The van der Waals surface area contributed by atoms with Crippen LogP contribution in [0.2, 0.25) is 0 Å². The van der Waals surface area contributed by atoms with E-state index in [1.165, 1.54) is 6.07 Å². The number of hydrogen-bond donors (Lipinski definition) is 1. The van der Waals surface area contributed by atoms with Crippen molar-refractivity contribution in [3.63, 3.8) is 0 Å². The minimum absolute atomic E-state index is 0.118. The first-order valence-corrected chi connectivity index (χ1v) is 7.44. The van der Waals surface area contributed by atoms with Crippen molar-refractivity contribution in [1.29, 1.82) is 0 Å². The zero-order valence-electron chi connectivity index (χ0n) is 12.3. The molecule has 7 heteroatoms.